The van der Waals surface area contributed by atoms with Gasteiger partial charge in [-0.2, -0.15) is 5.26 Å². The van der Waals surface area contributed by atoms with Crippen molar-refractivity contribution in [3.63, 3.8) is 0 Å². The Labute approximate surface area is 89.3 Å². The highest BCUT2D eigenvalue weighted by Crippen LogP contribution is 2.16. The van der Waals surface area contributed by atoms with Gasteiger partial charge in [-0.05, 0) is 12.8 Å². The molecule has 5 nitrogen and oxygen atoms in total. The Balaban J connectivity index is 2.66. The highest BCUT2D eigenvalue weighted by Gasteiger charge is 2.16. The molecule has 0 aromatic carbocycles. The summed E-state index contributed by atoms with van der Waals surface area (Å²) >= 11 is 0. The van der Waals surface area contributed by atoms with Crippen molar-refractivity contribution >= 4 is 5.91 Å². The Morgan fingerprint density at radius 1 is 1.73 bits per heavy atom. The molecule has 82 valence electrons. The molecule has 1 fully saturated rings. The fourth-order valence-corrected chi connectivity index (χ4v) is 1.43. The van der Waals surface area contributed by atoms with Crippen LogP contribution in [-0.2, 0) is 9.63 Å². The molecule has 0 unspecified atom stereocenters. The Hall–Kier alpha value is -1.54. The van der Waals surface area contributed by atoms with Gasteiger partial charge in [0.15, 0.2) is 0 Å². The van der Waals surface area contributed by atoms with Gasteiger partial charge in [-0.15, -0.1) is 0 Å². The Kier molecular flexibility index (Phi) is 4.13. The maximum absolute atomic E-state index is 11.5. The topological polar surface area (TPSA) is 65.4 Å². The average molecular weight is 209 g/mol. The molecule has 0 aromatic rings. The number of hydroxylamine groups is 2. The molecule has 1 aliphatic rings. The molecule has 0 atom stereocenters. The standard InChI is InChI=1S/C10H15N3O2/c1-13(15-2)10(14)6-8(7-11)9-4-3-5-12-9/h12H,3-6H2,1-2H3/b9-8+. The van der Waals surface area contributed by atoms with Crippen LogP contribution in [0, 0.1) is 11.3 Å². The van der Waals surface area contributed by atoms with E-state index < -0.39 is 0 Å². The zero-order chi connectivity index (χ0) is 11.3. The van der Waals surface area contributed by atoms with Crippen LogP contribution in [0.15, 0.2) is 11.3 Å². The summed E-state index contributed by atoms with van der Waals surface area (Å²) in [6.07, 6.45) is 1.98. The van der Waals surface area contributed by atoms with Gasteiger partial charge in [0.1, 0.15) is 0 Å². The van der Waals surface area contributed by atoms with Gasteiger partial charge >= 0.3 is 0 Å². The van der Waals surface area contributed by atoms with E-state index in [1.54, 1.807) is 0 Å². The maximum atomic E-state index is 11.5. The fourth-order valence-electron chi connectivity index (χ4n) is 1.43. The van der Waals surface area contributed by atoms with Crippen LogP contribution in [0.5, 0.6) is 0 Å². The third-order valence-electron chi connectivity index (χ3n) is 2.39. The van der Waals surface area contributed by atoms with E-state index in [1.165, 1.54) is 14.2 Å². The SMILES string of the molecule is CON(C)C(=O)C/C(C#N)=C1/CCCN1. The molecule has 1 rings (SSSR count). The predicted octanol–water partition coefficient (Wildman–Crippen LogP) is 0.557. The van der Waals surface area contributed by atoms with Crippen LogP contribution in [0.3, 0.4) is 0 Å². The van der Waals surface area contributed by atoms with E-state index in [0.717, 1.165) is 30.1 Å². The molecule has 1 saturated heterocycles. The molecular formula is C10H15N3O2. The number of carbonyl (C=O) groups excluding carboxylic acids is 1. The van der Waals surface area contributed by atoms with Crippen molar-refractivity contribution in [2.45, 2.75) is 19.3 Å². The van der Waals surface area contributed by atoms with Crippen molar-refractivity contribution in [3.05, 3.63) is 11.3 Å². The second kappa shape index (κ2) is 5.37. The highest BCUT2D eigenvalue weighted by atomic mass is 16.7. The molecule has 0 radical (unpaired) electrons. The summed E-state index contributed by atoms with van der Waals surface area (Å²) in [6.45, 7) is 0.884. The van der Waals surface area contributed by atoms with Crippen molar-refractivity contribution < 1.29 is 9.63 Å². The van der Waals surface area contributed by atoms with Gasteiger partial charge in [0, 0.05) is 19.3 Å². The molecule has 0 aromatic heterocycles. The summed E-state index contributed by atoms with van der Waals surface area (Å²) in [5, 5.41) is 13.2. The molecule has 1 aliphatic heterocycles. The lowest BCUT2D eigenvalue weighted by molar-refractivity contribution is -0.167. The first kappa shape index (κ1) is 11.5. The van der Waals surface area contributed by atoms with Crippen LogP contribution in [0.1, 0.15) is 19.3 Å². The number of hydrogen-bond donors (Lipinski definition) is 1. The summed E-state index contributed by atoms with van der Waals surface area (Å²) in [5.74, 6) is -0.213. The van der Waals surface area contributed by atoms with Crippen LogP contribution >= 0.6 is 0 Å². The van der Waals surface area contributed by atoms with E-state index >= 15 is 0 Å². The van der Waals surface area contributed by atoms with Crippen molar-refractivity contribution in [2.75, 3.05) is 20.7 Å². The number of amides is 1. The van der Waals surface area contributed by atoms with Crippen molar-refractivity contribution in [1.29, 1.82) is 5.26 Å². The minimum absolute atomic E-state index is 0.100. The van der Waals surface area contributed by atoms with Gasteiger partial charge < -0.3 is 5.32 Å². The van der Waals surface area contributed by atoms with E-state index in [4.69, 9.17) is 10.1 Å². The third-order valence-corrected chi connectivity index (χ3v) is 2.39. The van der Waals surface area contributed by atoms with Crippen molar-refractivity contribution in [3.8, 4) is 6.07 Å². The van der Waals surface area contributed by atoms with E-state index in [-0.39, 0.29) is 12.3 Å². The first-order valence-corrected chi connectivity index (χ1v) is 4.85. The van der Waals surface area contributed by atoms with E-state index in [9.17, 15) is 4.79 Å². The van der Waals surface area contributed by atoms with Gasteiger partial charge in [0.25, 0.3) is 5.91 Å². The van der Waals surface area contributed by atoms with Crippen molar-refractivity contribution in [2.24, 2.45) is 0 Å². The van der Waals surface area contributed by atoms with Gasteiger partial charge in [0.2, 0.25) is 0 Å². The second-order valence-electron chi connectivity index (χ2n) is 3.35. The lowest BCUT2D eigenvalue weighted by Crippen LogP contribution is -2.26. The molecule has 1 N–H and O–H groups in total. The average Bonchev–Trinajstić information content (AvgIpc) is 2.77. The van der Waals surface area contributed by atoms with E-state index in [0.29, 0.717) is 5.57 Å². The number of allylic oxidation sites excluding steroid dienone is 1. The summed E-state index contributed by atoms with van der Waals surface area (Å²) in [6, 6.07) is 2.07. The number of nitrogens with zero attached hydrogens (tertiary/aromatic N) is 2. The summed E-state index contributed by atoms with van der Waals surface area (Å²) in [5.41, 5.74) is 1.41. The largest absolute Gasteiger partial charge is 0.388 e. The third kappa shape index (κ3) is 2.96. The lowest BCUT2D eigenvalue weighted by Gasteiger charge is -2.13. The molecule has 15 heavy (non-hydrogen) atoms. The lowest BCUT2D eigenvalue weighted by atomic mass is 10.1. The van der Waals surface area contributed by atoms with Crippen LogP contribution in [0.25, 0.3) is 0 Å². The van der Waals surface area contributed by atoms with Gasteiger partial charge in [0.05, 0.1) is 25.2 Å². The summed E-state index contributed by atoms with van der Waals surface area (Å²) < 4.78 is 0. The number of rotatable bonds is 3. The maximum Gasteiger partial charge on any atom is 0.251 e. The Morgan fingerprint density at radius 2 is 2.47 bits per heavy atom. The zero-order valence-electron chi connectivity index (χ0n) is 9.04. The van der Waals surface area contributed by atoms with E-state index in [2.05, 4.69) is 11.4 Å². The quantitative estimate of drug-likeness (QED) is 0.544. The predicted molar refractivity (Wildman–Crippen MR) is 54.3 cm³/mol. The fraction of sp³-hybridized carbons (Fsp3) is 0.600. The van der Waals surface area contributed by atoms with Crippen LogP contribution < -0.4 is 5.32 Å². The Morgan fingerprint density at radius 3 is 2.93 bits per heavy atom. The highest BCUT2D eigenvalue weighted by molar-refractivity contribution is 5.78. The normalized spacial score (nSPS) is 17.9. The minimum Gasteiger partial charge on any atom is -0.388 e. The summed E-state index contributed by atoms with van der Waals surface area (Å²) in [4.78, 5) is 16.2. The summed E-state index contributed by atoms with van der Waals surface area (Å²) in [7, 11) is 2.95. The zero-order valence-corrected chi connectivity index (χ0v) is 9.04. The van der Waals surface area contributed by atoms with E-state index in [1.807, 2.05) is 0 Å². The number of nitrogens with one attached hydrogen (secondary N) is 1. The molecule has 0 saturated carbocycles. The molecule has 0 aliphatic carbocycles. The van der Waals surface area contributed by atoms with Crippen LogP contribution in [0.2, 0.25) is 0 Å². The molecule has 0 spiro atoms. The van der Waals surface area contributed by atoms with Crippen LogP contribution in [0.4, 0.5) is 0 Å². The van der Waals surface area contributed by atoms with Crippen molar-refractivity contribution in [1.82, 2.24) is 10.4 Å². The first-order chi connectivity index (χ1) is 7.19. The monoisotopic (exact) mass is 209 g/mol. The smallest absolute Gasteiger partial charge is 0.251 e. The number of hydrogen-bond acceptors (Lipinski definition) is 4. The molecule has 1 amide bonds. The number of nitriles is 1. The Bertz CT molecular complexity index is 309. The van der Waals surface area contributed by atoms with Gasteiger partial charge in [-0.1, -0.05) is 0 Å². The van der Waals surface area contributed by atoms with Crippen LogP contribution in [-0.4, -0.2) is 31.7 Å². The molecular weight excluding hydrogens is 194 g/mol. The second-order valence-corrected chi connectivity index (χ2v) is 3.35. The van der Waals surface area contributed by atoms with Gasteiger partial charge in [-0.3, -0.25) is 9.63 Å². The number of carbonyl (C=O) groups is 1. The molecule has 5 heteroatoms. The molecule has 0 bridgehead atoms. The molecule has 1 heterocycles. The van der Waals surface area contributed by atoms with Gasteiger partial charge in [-0.25, -0.2) is 5.06 Å². The first-order valence-electron chi connectivity index (χ1n) is 4.85. The minimum atomic E-state index is -0.213.